The van der Waals surface area contributed by atoms with E-state index in [4.69, 9.17) is 23.2 Å². The molecule has 6 heteroatoms. The quantitative estimate of drug-likeness (QED) is 0.878. The van der Waals surface area contributed by atoms with Gasteiger partial charge in [0.15, 0.2) is 0 Å². The van der Waals surface area contributed by atoms with Gasteiger partial charge in [-0.05, 0) is 0 Å². The molecule has 0 radical (unpaired) electrons. The Hall–Kier alpha value is -1.91. The molecule has 1 aliphatic carbocycles. The van der Waals surface area contributed by atoms with Gasteiger partial charge in [0.1, 0.15) is 21.5 Å². The van der Waals surface area contributed by atoms with E-state index in [0.29, 0.717) is 5.69 Å². The maximum absolute atomic E-state index is 12.1. The number of nitrogens with one attached hydrogen (secondary N) is 1. The molecule has 0 saturated heterocycles. The van der Waals surface area contributed by atoms with Gasteiger partial charge in [-0.25, -0.2) is 0 Å². The van der Waals surface area contributed by atoms with Gasteiger partial charge in [-0.15, -0.1) is 0 Å². The zero-order valence-electron chi connectivity index (χ0n) is 9.41. The molecule has 1 aliphatic rings. The van der Waals surface area contributed by atoms with Crippen molar-refractivity contribution in [1.82, 2.24) is 10.2 Å². The number of rotatable bonds is 1. The lowest BCUT2D eigenvalue weighted by Crippen LogP contribution is -2.17. The summed E-state index contributed by atoms with van der Waals surface area (Å²) in [5, 5.41) is 6.04. The molecule has 1 N–H and O–H groups in total. The summed E-state index contributed by atoms with van der Waals surface area (Å²) in [7, 11) is 0. The molecule has 94 valence electrons. The zero-order chi connectivity index (χ0) is 13.6. The first kappa shape index (κ1) is 12.1. The fourth-order valence-corrected chi connectivity index (χ4v) is 2.31. The van der Waals surface area contributed by atoms with Crippen molar-refractivity contribution in [2.45, 2.75) is 0 Å². The number of aromatic amines is 1. The van der Waals surface area contributed by atoms with E-state index in [0.717, 1.165) is 5.56 Å². The maximum atomic E-state index is 12.1. The van der Waals surface area contributed by atoms with Crippen LogP contribution in [0.15, 0.2) is 40.4 Å². The second-order valence-electron chi connectivity index (χ2n) is 3.97. The van der Waals surface area contributed by atoms with E-state index >= 15 is 0 Å². The van der Waals surface area contributed by atoms with Crippen LogP contribution in [-0.2, 0) is 0 Å². The van der Waals surface area contributed by atoms with Crippen LogP contribution >= 0.6 is 23.2 Å². The standard InChI is InChI=1S/C13H6Cl2N2O2/c14-8-9(15)13(19)11-7(12(8)18)10(16-17-11)6-4-2-1-3-5-6/h1-5H,(H,16,17). The second kappa shape index (κ2) is 4.33. The van der Waals surface area contributed by atoms with Crippen LogP contribution < -0.4 is 0 Å². The van der Waals surface area contributed by atoms with Crippen LogP contribution in [0.4, 0.5) is 0 Å². The molecule has 0 amide bonds. The number of fused-ring (bicyclic) bond motifs is 1. The molecule has 2 aromatic rings. The number of aromatic nitrogens is 2. The van der Waals surface area contributed by atoms with Crippen molar-refractivity contribution in [3.63, 3.8) is 0 Å². The van der Waals surface area contributed by atoms with Gasteiger partial charge in [0.05, 0.1) is 5.56 Å². The second-order valence-corrected chi connectivity index (χ2v) is 4.73. The summed E-state index contributed by atoms with van der Waals surface area (Å²) in [5.74, 6) is -1.01. The fraction of sp³-hybridized carbons (Fsp3) is 0. The molecule has 0 bridgehead atoms. The minimum absolute atomic E-state index is 0.0817. The molecule has 1 aromatic heterocycles. The minimum atomic E-state index is -0.518. The Kier molecular flexibility index (Phi) is 2.77. The highest BCUT2D eigenvalue weighted by Crippen LogP contribution is 2.34. The molecule has 1 aromatic carbocycles. The first-order chi connectivity index (χ1) is 9.11. The van der Waals surface area contributed by atoms with Crippen LogP contribution in [-0.4, -0.2) is 21.8 Å². The number of carbonyl (C=O) groups is 2. The molecule has 1 heterocycles. The van der Waals surface area contributed by atoms with Gasteiger partial charge in [-0.1, -0.05) is 53.5 Å². The van der Waals surface area contributed by atoms with E-state index in [9.17, 15) is 9.59 Å². The van der Waals surface area contributed by atoms with Crippen molar-refractivity contribution < 1.29 is 9.59 Å². The van der Waals surface area contributed by atoms with Crippen LogP contribution in [0.25, 0.3) is 11.3 Å². The molecule has 0 spiro atoms. The summed E-state index contributed by atoms with van der Waals surface area (Å²) in [5.41, 5.74) is 1.38. The fourth-order valence-electron chi connectivity index (χ4n) is 1.95. The first-order valence-electron chi connectivity index (χ1n) is 5.39. The Morgan fingerprint density at radius 3 is 2.26 bits per heavy atom. The number of H-pyrrole nitrogens is 1. The number of benzene rings is 1. The van der Waals surface area contributed by atoms with Crippen LogP contribution in [0.3, 0.4) is 0 Å². The zero-order valence-corrected chi connectivity index (χ0v) is 10.9. The van der Waals surface area contributed by atoms with Gasteiger partial charge < -0.3 is 0 Å². The molecule has 0 saturated carbocycles. The smallest absolute Gasteiger partial charge is 0.224 e. The van der Waals surface area contributed by atoms with E-state index in [1.165, 1.54) is 0 Å². The summed E-state index contributed by atoms with van der Waals surface area (Å²) < 4.78 is 0. The lowest BCUT2D eigenvalue weighted by molar-refractivity contribution is 0.0985. The molecule has 4 nitrogen and oxygen atoms in total. The number of ketones is 2. The number of nitrogens with zero attached hydrogens (tertiary/aromatic N) is 1. The summed E-state index contributed by atoms with van der Waals surface area (Å²) in [6, 6.07) is 9.06. The van der Waals surface area contributed by atoms with Crippen LogP contribution in [0.2, 0.25) is 0 Å². The predicted molar refractivity (Wildman–Crippen MR) is 71.4 cm³/mol. The van der Waals surface area contributed by atoms with Gasteiger partial charge in [0.2, 0.25) is 11.6 Å². The Labute approximate surface area is 118 Å². The largest absolute Gasteiger partial charge is 0.287 e. The van der Waals surface area contributed by atoms with Crippen LogP contribution in [0, 0.1) is 0 Å². The molecular formula is C13H6Cl2N2O2. The van der Waals surface area contributed by atoms with Gasteiger partial charge >= 0.3 is 0 Å². The number of halogens is 2. The van der Waals surface area contributed by atoms with Crippen molar-refractivity contribution in [3.05, 3.63) is 51.7 Å². The number of hydrogen-bond acceptors (Lipinski definition) is 3. The predicted octanol–water partition coefficient (Wildman–Crippen LogP) is 3.14. The highest BCUT2D eigenvalue weighted by molar-refractivity contribution is 6.59. The third-order valence-electron chi connectivity index (χ3n) is 2.86. The maximum Gasteiger partial charge on any atom is 0.224 e. The summed E-state index contributed by atoms with van der Waals surface area (Å²) in [6.45, 7) is 0. The third kappa shape index (κ3) is 1.72. The summed E-state index contributed by atoms with van der Waals surface area (Å²) in [6.07, 6.45) is 0. The van der Waals surface area contributed by atoms with Crippen molar-refractivity contribution in [2.24, 2.45) is 0 Å². The Morgan fingerprint density at radius 1 is 0.947 bits per heavy atom. The lowest BCUT2D eigenvalue weighted by atomic mass is 9.96. The lowest BCUT2D eigenvalue weighted by Gasteiger charge is -2.10. The van der Waals surface area contributed by atoms with Crippen molar-refractivity contribution >= 4 is 34.8 Å². The molecule has 19 heavy (non-hydrogen) atoms. The van der Waals surface area contributed by atoms with Gasteiger partial charge in [-0.2, -0.15) is 5.10 Å². The first-order valence-corrected chi connectivity index (χ1v) is 6.15. The molecule has 3 rings (SSSR count). The van der Waals surface area contributed by atoms with Crippen LogP contribution in [0.5, 0.6) is 0 Å². The topological polar surface area (TPSA) is 62.8 Å². The van der Waals surface area contributed by atoms with Gasteiger partial charge in [0.25, 0.3) is 0 Å². The molecule has 0 atom stereocenters. The van der Waals surface area contributed by atoms with E-state index < -0.39 is 11.6 Å². The van der Waals surface area contributed by atoms with Gasteiger partial charge in [0, 0.05) is 5.56 Å². The normalized spacial score (nSPS) is 14.8. The highest BCUT2D eigenvalue weighted by Gasteiger charge is 2.35. The monoisotopic (exact) mass is 292 g/mol. The molecule has 0 fully saturated rings. The van der Waals surface area contributed by atoms with E-state index in [1.54, 1.807) is 12.1 Å². The summed E-state index contributed by atoms with van der Waals surface area (Å²) >= 11 is 11.5. The number of Topliss-reactive ketones (excluding diaryl/α,β-unsaturated/α-hetero) is 2. The average Bonchev–Trinajstić information content (AvgIpc) is 2.88. The molecule has 0 aliphatic heterocycles. The van der Waals surface area contributed by atoms with Crippen LogP contribution in [0.1, 0.15) is 20.8 Å². The number of hydrogen-bond donors (Lipinski definition) is 1. The Morgan fingerprint density at radius 2 is 1.58 bits per heavy atom. The Balaban J connectivity index is 2.25. The van der Waals surface area contributed by atoms with Crippen molar-refractivity contribution in [2.75, 3.05) is 0 Å². The number of carbonyl (C=O) groups excluding carboxylic acids is 2. The molecular weight excluding hydrogens is 287 g/mol. The van der Waals surface area contributed by atoms with E-state index in [1.807, 2.05) is 18.2 Å². The van der Waals surface area contributed by atoms with E-state index in [-0.39, 0.29) is 21.3 Å². The Bertz CT molecular complexity index is 732. The SMILES string of the molecule is O=C1C(Cl)=C(Cl)C(=O)c2c(-c3ccccc3)n[nH]c21. The highest BCUT2D eigenvalue weighted by atomic mass is 35.5. The number of allylic oxidation sites excluding steroid dienone is 2. The minimum Gasteiger partial charge on any atom is -0.287 e. The summed E-state index contributed by atoms with van der Waals surface area (Å²) in [4.78, 5) is 24.1. The van der Waals surface area contributed by atoms with Crippen molar-refractivity contribution in [1.29, 1.82) is 0 Å². The van der Waals surface area contributed by atoms with Crippen molar-refractivity contribution in [3.8, 4) is 11.3 Å². The average molecular weight is 293 g/mol. The molecule has 0 unspecified atom stereocenters. The van der Waals surface area contributed by atoms with E-state index in [2.05, 4.69) is 10.2 Å². The third-order valence-corrected chi connectivity index (χ3v) is 3.68. The van der Waals surface area contributed by atoms with Gasteiger partial charge in [-0.3, -0.25) is 14.7 Å².